The average molecular weight is 383 g/mol. The Kier molecular flexibility index (Phi) is 6.97. The normalized spacial score (nSPS) is 11.3. The van der Waals surface area contributed by atoms with Gasteiger partial charge in [-0.2, -0.15) is 13.2 Å². The van der Waals surface area contributed by atoms with E-state index in [1.807, 2.05) is 32.0 Å². The first kappa shape index (κ1) is 20.2. The quantitative estimate of drug-likeness (QED) is 0.678. The predicted molar refractivity (Wildman–Crippen MR) is 98.8 cm³/mol. The van der Waals surface area contributed by atoms with Gasteiger partial charge in [-0.15, -0.1) is 11.8 Å². The molecule has 2 rings (SSSR count). The molecule has 1 N–H and O–H groups in total. The van der Waals surface area contributed by atoms with Crippen LogP contribution in [0.2, 0.25) is 0 Å². The third kappa shape index (κ3) is 5.69. The Morgan fingerprint density at radius 2 is 1.73 bits per heavy atom. The molecule has 2 aromatic rings. The second-order valence-electron chi connectivity index (χ2n) is 5.71. The largest absolute Gasteiger partial charge is 0.492 e. The van der Waals surface area contributed by atoms with Crippen molar-refractivity contribution in [1.82, 2.24) is 0 Å². The van der Waals surface area contributed by atoms with Gasteiger partial charge >= 0.3 is 6.18 Å². The Hall–Kier alpha value is -2.15. The molecule has 26 heavy (non-hydrogen) atoms. The monoisotopic (exact) mass is 383 g/mol. The Labute approximate surface area is 154 Å². The van der Waals surface area contributed by atoms with Gasteiger partial charge in [-0.3, -0.25) is 4.79 Å². The summed E-state index contributed by atoms with van der Waals surface area (Å²) in [4.78, 5) is 11.9. The van der Waals surface area contributed by atoms with Crippen molar-refractivity contribution in [3.05, 3.63) is 59.2 Å². The van der Waals surface area contributed by atoms with Crippen LogP contribution in [0.1, 0.15) is 16.7 Å². The van der Waals surface area contributed by atoms with Crippen LogP contribution >= 0.6 is 11.8 Å². The summed E-state index contributed by atoms with van der Waals surface area (Å²) in [6.45, 7) is 4.34. The van der Waals surface area contributed by atoms with E-state index in [9.17, 15) is 18.0 Å². The number of nitrogens with one attached hydrogen (secondary N) is 1. The lowest BCUT2D eigenvalue weighted by Gasteiger charge is -2.13. The number of para-hydroxylation sites is 2. The standard InChI is InChI=1S/C19H20F3NO2S/c1-13-6-5-7-14(2)18(13)25-10-11-26-12-17(24)23-16-9-4-3-8-15(16)19(20,21)22/h3-9H,10-12H2,1-2H3,(H,23,24). The van der Waals surface area contributed by atoms with Crippen molar-refractivity contribution in [3.63, 3.8) is 0 Å². The molecule has 3 nitrogen and oxygen atoms in total. The molecule has 0 bridgehead atoms. The fraction of sp³-hybridized carbons (Fsp3) is 0.316. The van der Waals surface area contributed by atoms with Crippen molar-refractivity contribution >= 4 is 23.4 Å². The van der Waals surface area contributed by atoms with Crippen molar-refractivity contribution in [2.24, 2.45) is 0 Å². The van der Waals surface area contributed by atoms with Crippen molar-refractivity contribution in [1.29, 1.82) is 0 Å². The summed E-state index contributed by atoms with van der Waals surface area (Å²) in [6, 6.07) is 10.8. The highest BCUT2D eigenvalue weighted by Gasteiger charge is 2.33. The zero-order chi connectivity index (χ0) is 19.2. The zero-order valence-electron chi connectivity index (χ0n) is 14.5. The summed E-state index contributed by atoms with van der Waals surface area (Å²) >= 11 is 1.31. The highest BCUT2D eigenvalue weighted by Crippen LogP contribution is 2.34. The molecule has 0 aliphatic rings. The highest BCUT2D eigenvalue weighted by molar-refractivity contribution is 7.99. The summed E-state index contributed by atoms with van der Waals surface area (Å²) in [6.07, 6.45) is -4.50. The fourth-order valence-corrected chi connectivity index (χ4v) is 3.02. The molecule has 0 saturated carbocycles. The van der Waals surface area contributed by atoms with Gasteiger partial charge in [-0.25, -0.2) is 0 Å². The number of halogens is 3. The van der Waals surface area contributed by atoms with Crippen LogP contribution in [-0.2, 0) is 11.0 Å². The van der Waals surface area contributed by atoms with E-state index in [-0.39, 0.29) is 11.4 Å². The number of carbonyl (C=O) groups excluding carboxylic acids is 1. The number of rotatable bonds is 7. The summed E-state index contributed by atoms with van der Waals surface area (Å²) in [5.41, 5.74) is 1.00. The average Bonchev–Trinajstić information content (AvgIpc) is 2.56. The molecule has 140 valence electrons. The van der Waals surface area contributed by atoms with Crippen LogP contribution in [-0.4, -0.2) is 24.0 Å². The summed E-state index contributed by atoms with van der Waals surface area (Å²) in [5.74, 6) is 0.972. The molecule has 0 fully saturated rings. The molecule has 0 heterocycles. The first-order valence-corrected chi connectivity index (χ1v) is 9.17. The number of benzene rings is 2. The van der Waals surface area contributed by atoms with Crippen molar-refractivity contribution in [3.8, 4) is 5.75 Å². The summed E-state index contributed by atoms with van der Waals surface area (Å²) < 4.78 is 44.4. The predicted octanol–water partition coefficient (Wildman–Crippen LogP) is 5.07. The van der Waals surface area contributed by atoms with Crippen LogP contribution in [0.5, 0.6) is 5.75 Å². The van der Waals surface area contributed by atoms with Gasteiger partial charge < -0.3 is 10.1 Å². The zero-order valence-corrected chi connectivity index (χ0v) is 15.3. The molecule has 7 heteroatoms. The molecule has 0 unspecified atom stereocenters. The SMILES string of the molecule is Cc1cccc(C)c1OCCSCC(=O)Nc1ccccc1C(F)(F)F. The number of hydrogen-bond donors (Lipinski definition) is 1. The Morgan fingerprint density at radius 1 is 1.08 bits per heavy atom. The minimum absolute atomic E-state index is 0.0578. The van der Waals surface area contributed by atoms with Crippen LogP contribution in [0, 0.1) is 13.8 Å². The molecule has 0 atom stereocenters. The molecule has 0 aliphatic carbocycles. The minimum Gasteiger partial charge on any atom is -0.492 e. The summed E-state index contributed by atoms with van der Waals surface area (Å²) in [7, 11) is 0. The maximum absolute atomic E-state index is 12.9. The van der Waals surface area contributed by atoms with Gasteiger partial charge in [0.15, 0.2) is 0 Å². The van der Waals surface area contributed by atoms with Gasteiger partial charge in [-0.05, 0) is 37.1 Å². The van der Waals surface area contributed by atoms with Crippen LogP contribution in [0.15, 0.2) is 42.5 Å². The Balaban J connectivity index is 1.78. The molecular formula is C19H20F3NO2S. The van der Waals surface area contributed by atoms with E-state index in [1.54, 1.807) is 0 Å². The molecule has 0 aromatic heterocycles. The van der Waals surface area contributed by atoms with Gasteiger partial charge in [0.1, 0.15) is 5.75 Å². The van der Waals surface area contributed by atoms with Gasteiger partial charge in [-0.1, -0.05) is 30.3 Å². The molecule has 2 aromatic carbocycles. The third-order valence-electron chi connectivity index (χ3n) is 3.62. The van der Waals surface area contributed by atoms with Gasteiger partial charge in [0, 0.05) is 5.75 Å². The van der Waals surface area contributed by atoms with Crippen LogP contribution in [0.25, 0.3) is 0 Å². The Bertz CT molecular complexity index is 742. The number of alkyl halides is 3. The molecule has 0 radical (unpaired) electrons. The molecule has 0 spiro atoms. The molecule has 0 saturated heterocycles. The molecular weight excluding hydrogens is 363 g/mol. The second-order valence-corrected chi connectivity index (χ2v) is 6.82. The van der Waals surface area contributed by atoms with Crippen molar-refractivity contribution < 1.29 is 22.7 Å². The van der Waals surface area contributed by atoms with Crippen molar-refractivity contribution in [2.75, 3.05) is 23.4 Å². The highest BCUT2D eigenvalue weighted by atomic mass is 32.2. The van der Waals surface area contributed by atoms with E-state index in [1.165, 1.54) is 30.0 Å². The van der Waals surface area contributed by atoms with Crippen LogP contribution < -0.4 is 10.1 Å². The molecule has 0 aliphatic heterocycles. The lowest BCUT2D eigenvalue weighted by molar-refractivity contribution is -0.137. The minimum atomic E-state index is -4.50. The van der Waals surface area contributed by atoms with Crippen molar-refractivity contribution in [2.45, 2.75) is 20.0 Å². The first-order chi connectivity index (χ1) is 12.3. The number of ether oxygens (including phenoxy) is 1. The van der Waals surface area contributed by atoms with Gasteiger partial charge in [0.05, 0.1) is 23.6 Å². The van der Waals surface area contributed by atoms with E-state index in [4.69, 9.17) is 4.74 Å². The maximum atomic E-state index is 12.9. The van der Waals surface area contributed by atoms with E-state index in [2.05, 4.69) is 5.32 Å². The smallest absolute Gasteiger partial charge is 0.418 e. The molecule has 1 amide bonds. The third-order valence-corrected chi connectivity index (χ3v) is 4.54. The van der Waals surface area contributed by atoms with Crippen LogP contribution in [0.4, 0.5) is 18.9 Å². The number of amides is 1. The first-order valence-electron chi connectivity index (χ1n) is 8.02. The van der Waals surface area contributed by atoms with Crippen LogP contribution in [0.3, 0.4) is 0 Å². The fourth-order valence-electron chi connectivity index (χ4n) is 2.42. The number of aryl methyl sites for hydroxylation is 2. The van der Waals surface area contributed by atoms with Gasteiger partial charge in [0.25, 0.3) is 0 Å². The number of hydrogen-bond acceptors (Lipinski definition) is 3. The lowest BCUT2D eigenvalue weighted by atomic mass is 10.1. The van der Waals surface area contributed by atoms with E-state index in [0.29, 0.717) is 12.4 Å². The Morgan fingerprint density at radius 3 is 2.38 bits per heavy atom. The second kappa shape index (κ2) is 8.98. The summed E-state index contributed by atoms with van der Waals surface area (Å²) in [5, 5.41) is 2.32. The van der Waals surface area contributed by atoms with E-state index >= 15 is 0 Å². The van der Waals surface area contributed by atoms with Gasteiger partial charge in [0.2, 0.25) is 5.91 Å². The number of thioether (sulfide) groups is 1. The topological polar surface area (TPSA) is 38.3 Å². The number of carbonyl (C=O) groups is 1. The van der Waals surface area contributed by atoms with E-state index in [0.717, 1.165) is 22.9 Å². The maximum Gasteiger partial charge on any atom is 0.418 e. The number of anilines is 1. The lowest BCUT2D eigenvalue weighted by Crippen LogP contribution is -2.18. The van der Waals surface area contributed by atoms with E-state index < -0.39 is 17.6 Å².